The van der Waals surface area contributed by atoms with Gasteiger partial charge < -0.3 is 24.5 Å². The Bertz CT molecular complexity index is 2450. The minimum absolute atomic E-state index is 0.115. The summed E-state index contributed by atoms with van der Waals surface area (Å²) >= 11 is 0. The molecule has 3 N–H and O–H groups in total. The van der Waals surface area contributed by atoms with Crippen LogP contribution in [-0.2, 0) is 48.1 Å². The second-order valence-electron chi connectivity index (χ2n) is 14.5. The molecule has 58 heavy (non-hydrogen) atoms. The summed E-state index contributed by atoms with van der Waals surface area (Å²) in [4.78, 5) is 21.9. The van der Waals surface area contributed by atoms with E-state index in [0.717, 1.165) is 70.0 Å². The van der Waals surface area contributed by atoms with Crippen molar-refractivity contribution in [1.82, 2.24) is 9.13 Å². The van der Waals surface area contributed by atoms with E-state index in [1.54, 1.807) is 24.3 Å². The lowest BCUT2D eigenvalue weighted by molar-refractivity contribution is -0.138. The first-order valence-electron chi connectivity index (χ1n) is 19.5. The topological polar surface area (TPSA) is 105 Å². The monoisotopic (exact) mass is 772 g/mol. The minimum atomic E-state index is -0.793. The second kappa shape index (κ2) is 18.3. The first kappa shape index (κ1) is 39.3. The van der Waals surface area contributed by atoms with Crippen LogP contribution in [0.4, 0.5) is 4.39 Å². The number of nitrogens with zero attached hydrogens (tertiary/aromatic N) is 2. The molecule has 0 radical (unpaired) electrons. The molecule has 8 rings (SSSR count). The number of phenolic OH excluding ortho intramolecular Hbond substituents is 1. The van der Waals surface area contributed by atoms with Gasteiger partial charge in [0.05, 0.1) is 11.0 Å². The molecule has 0 aliphatic carbocycles. The average Bonchev–Trinajstić information content (AvgIpc) is 3.79. The summed E-state index contributed by atoms with van der Waals surface area (Å²) in [6.45, 7) is 0. The van der Waals surface area contributed by atoms with Crippen LogP contribution in [0.3, 0.4) is 0 Å². The minimum Gasteiger partial charge on any atom is -0.508 e. The van der Waals surface area contributed by atoms with Gasteiger partial charge in [0.1, 0.15) is 11.6 Å². The van der Waals surface area contributed by atoms with Crippen molar-refractivity contribution in [3.8, 4) is 17.1 Å². The smallest absolute Gasteiger partial charge is 0.303 e. The Morgan fingerprint density at radius 2 is 0.879 bits per heavy atom. The lowest BCUT2D eigenvalue weighted by atomic mass is 10.0. The molecule has 6 aromatic carbocycles. The molecule has 0 fully saturated rings. The summed E-state index contributed by atoms with van der Waals surface area (Å²) in [5.74, 6) is -1.59. The number of hydrogen-bond donors (Lipinski definition) is 3. The summed E-state index contributed by atoms with van der Waals surface area (Å²) in [6, 6.07) is 46.7. The molecule has 0 saturated heterocycles. The van der Waals surface area contributed by atoms with Crippen LogP contribution in [0.1, 0.15) is 46.2 Å². The van der Waals surface area contributed by atoms with Gasteiger partial charge in [-0.05, 0) is 145 Å². The third-order valence-electron chi connectivity index (χ3n) is 10.4. The third-order valence-corrected chi connectivity index (χ3v) is 10.4. The van der Waals surface area contributed by atoms with Gasteiger partial charge >= 0.3 is 11.9 Å². The number of aryl methyl sites for hydroxylation is 6. The lowest BCUT2D eigenvalue weighted by Crippen LogP contribution is -1.97. The maximum Gasteiger partial charge on any atom is 0.303 e. The van der Waals surface area contributed by atoms with E-state index in [1.807, 2.05) is 54.6 Å². The first-order chi connectivity index (χ1) is 28.2. The number of carboxylic acid groups (broad SMARTS) is 2. The molecule has 2 heterocycles. The molecule has 0 aliphatic rings. The van der Waals surface area contributed by atoms with E-state index < -0.39 is 11.9 Å². The molecule has 0 aliphatic heterocycles. The predicted molar refractivity (Wildman–Crippen MR) is 228 cm³/mol. The van der Waals surface area contributed by atoms with Gasteiger partial charge in [0, 0.05) is 47.4 Å². The summed E-state index contributed by atoms with van der Waals surface area (Å²) < 4.78 is 17.6. The number of benzene rings is 6. The number of fused-ring (bicyclic) bond motifs is 2. The summed E-state index contributed by atoms with van der Waals surface area (Å²) in [6.07, 6.45) is 9.16. The Morgan fingerprint density at radius 1 is 0.466 bits per heavy atom. The van der Waals surface area contributed by atoms with Crippen LogP contribution < -0.4 is 0 Å². The van der Waals surface area contributed by atoms with Crippen LogP contribution >= 0.6 is 0 Å². The molecule has 8 aromatic rings. The van der Waals surface area contributed by atoms with Crippen molar-refractivity contribution < 1.29 is 29.3 Å². The highest BCUT2D eigenvalue weighted by atomic mass is 19.1. The number of aliphatic carboxylic acids is 2. The number of rotatable bonds is 14. The number of phenols is 1. The molecule has 8 heteroatoms. The molecule has 2 aromatic heterocycles. The van der Waals surface area contributed by atoms with Crippen molar-refractivity contribution in [1.29, 1.82) is 0 Å². The fourth-order valence-electron chi connectivity index (χ4n) is 7.39. The summed E-state index contributed by atoms with van der Waals surface area (Å²) in [5.41, 5.74) is 11.0. The number of hydrogen-bond acceptors (Lipinski definition) is 3. The maximum absolute atomic E-state index is 13.4. The van der Waals surface area contributed by atoms with Crippen molar-refractivity contribution in [2.75, 3.05) is 0 Å². The van der Waals surface area contributed by atoms with E-state index in [1.165, 1.54) is 34.4 Å². The lowest BCUT2D eigenvalue weighted by Gasteiger charge is -2.06. The molecular weight excluding hydrogens is 728 g/mol. The molecular formula is C50H45FN2O5. The standard InChI is InChI=1S/C25H22FNO2.C25H23NO3/c26-21-10-12-22(13-11-21)27-17-20(9-6-18-4-2-1-3-5-18)23-16-19(7-14-24(23)27)8-15-25(28)29;27-22-12-10-21(11-13-22)26-17-20(9-6-18-4-2-1-3-5-18)23-16-19(7-14-24(23)26)8-15-25(28)29/h1-5,7,10-14,16-17H,6,8-9,15H2,(H,28,29);1-5,7,10-14,16-17,27H,6,8-9,15H2,(H,28,29). The van der Waals surface area contributed by atoms with Gasteiger partial charge in [-0.3, -0.25) is 9.59 Å². The quantitative estimate of drug-likeness (QED) is 0.102. The van der Waals surface area contributed by atoms with E-state index in [4.69, 9.17) is 10.2 Å². The van der Waals surface area contributed by atoms with E-state index in [9.17, 15) is 19.1 Å². The van der Waals surface area contributed by atoms with Crippen LogP contribution in [0, 0.1) is 5.82 Å². The SMILES string of the molecule is O=C(O)CCc1ccc2c(c1)c(CCc1ccccc1)cn2-c1ccc(F)cc1.O=C(O)CCc1ccc2c(c1)c(CCc1ccccc1)cn2-c1ccc(O)cc1. The Hall–Kier alpha value is -6.93. The molecule has 7 nitrogen and oxygen atoms in total. The van der Waals surface area contributed by atoms with Crippen LogP contribution in [0.2, 0.25) is 0 Å². The highest BCUT2D eigenvalue weighted by Gasteiger charge is 2.14. The van der Waals surface area contributed by atoms with Crippen LogP contribution in [0.5, 0.6) is 5.75 Å². The number of halogens is 1. The highest BCUT2D eigenvalue weighted by molar-refractivity contribution is 5.87. The van der Waals surface area contributed by atoms with E-state index in [0.29, 0.717) is 12.8 Å². The van der Waals surface area contributed by atoms with Crippen LogP contribution in [-0.4, -0.2) is 36.4 Å². The number of aromatic hydroxyl groups is 1. The first-order valence-corrected chi connectivity index (χ1v) is 19.5. The van der Waals surface area contributed by atoms with Crippen molar-refractivity contribution in [3.05, 3.63) is 197 Å². The fourth-order valence-corrected chi connectivity index (χ4v) is 7.39. The molecule has 0 amide bonds. The molecule has 292 valence electrons. The van der Waals surface area contributed by atoms with Gasteiger partial charge in [0.15, 0.2) is 0 Å². The van der Waals surface area contributed by atoms with Gasteiger partial charge in [-0.15, -0.1) is 0 Å². The Balaban J connectivity index is 0.000000177. The van der Waals surface area contributed by atoms with Gasteiger partial charge in [0.2, 0.25) is 0 Å². The Kier molecular flexibility index (Phi) is 12.4. The van der Waals surface area contributed by atoms with Gasteiger partial charge in [-0.2, -0.15) is 0 Å². The van der Waals surface area contributed by atoms with Crippen molar-refractivity contribution in [3.63, 3.8) is 0 Å². The Morgan fingerprint density at radius 3 is 1.29 bits per heavy atom. The van der Waals surface area contributed by atoms with Crippen LogP contribution in [0.15, 0.2) is 158 Å². The predicted octanol–water partition coefficient (Wildman–Crippen LogP) is 10.7. The van der Waals surface area contributed by atoms with Gasteiger partial charge in [-0.1, -0.05) is 72.8 Å². The molecule has 0 saturated carbocycles. The molecule has 0 unspecified atom stereocenters. The number of carboxylic acids is 2. The van der Waals surface area contributed by atoms with Gasteiger partial charge in [-0.25, -0.2) is 4.39 Å². The van der Waals surface area contributed by atoms with E-state index in [-0.39, 0.29) is 24.4 Å². The van der Waals surface area contributed by atoms with Gasteiger partial charge in [0.25, 0.3) is 0 Å². The molecule has 0 bridgehead atoms. The summed E-state index contributed by atoms with van der Waals surface area (Å²) in [5, 5.41) is 29.9. The molecule has 0 spiro atoms. The second-order valence-corrected chi connectivity index (χ2v) is 14.5. The van der Waals surface area contributed by atoms with Crippen molar-refractivity contribution in [2.24, 2.45) is 0 Å². The average molecular weight is 773 g/mol. The number of aromatic nitrogens is 2. The van der Waals surface area contributed by atoms with E-state index in [2.05, 4.69) is 76.1 Å². The zero-order chi connectivity index (χ0) is 40.4. The zero-order valence-electron chi connectivity index (χ0n) is 32.1. The third kappa shape index (κ3) is 9.89. The van der Waals surface area contributed by atoms with E-state index >= 15 is 0 Å². The zero-order valence-corrected chi connectivity index (χ0v) is 32.1. The van der Waals surface area contributed by atoms with Crippen molar-refractivity contribution in [2.45, 2.75) is 51.4 Å². The van der Waals surface area contributed by atoms with Crippen molar-refractivity contribution >= 4 is 33.7 Å². The highest BCUT2D eigenvalue weighted by Crippen LogP contribution is 2.30. The maximum atomic E-state index is 13.4. The van der Waals surface area contributed by atoms with Crippen LogP contribution in [0.25, 0.3) is 33.2 Å². The number of carbonyl (C=O) groups is 2. The molecule has 0 atom stereocenters. The summed E-state index contributed by atoms with van der Waals surface area (Å²) in [7, 11) is 0. The fraction of sp³-hybridized carbons (Fsp3) is 0.160. The Labute approximate surface area is 336 Å². The largest absolute Gasteiger partial charge is 0.508 e. The normalized spacial score (nSPS) is 11.1.